The largest absolute Gasteiger partial charge is 0.409 e. The van der Waals surface area contributed by atoms with E-state index in [1.54, 1.807) is 6.07 Å². The molecule has 0 aliphatic carbocycles. The first-order valence-corrected chi connectivity index (χ1v) is 6.45. The molecule has 0 spiro atoms. The average Bonchev–Trinajstić information content (AvgIpc) is 2.48. The van der Waals surface area contributed by atoms with Crippen molar-refractivity contribution < 1.29 is 14.9 Å². The maximum Gasteiger partial charge on any atom is 0.298 e. The van der Waals surface area contributed by atoms with Crippen molar-refractivity contribution in [3.8, 4) is 0 Å². The Morgan fingerprint density at radius 2 is 2.33 bits per heavy atom. The molecule has 1 aliphatic rings. The summed E-state index contributed by atoms with van der Waals surface area (Å²) < 4.78 is 5.54. The van der Waals surface area contributed by atoms with E-state index in [-0.39, 0.29) is 23.5 Å². The molecule has 0 amide bonds. The summed E-state index contributed by atoms with van der Waals surface area (Å²) in [6.45, 7) is 5.06. The number of amidine groups is 1. The second-order valence-corrected chi connectivity index (χ2v) is 4.92. The topological polar surface area (TPSA) is 127 Å². The Morgan fingerprint density at radius 1 is 1.62 bits per heavy atom. The lowest BCUT2D eigenvalue weighted by Crippen LogP contribution is -2.48. The minimum atomic E-state index is -0.616. The first kappa shape index (κ1) is 15.0. The molecule has 9 nitrogen and oxygen atoms in total. The van der Waals surface area contributed by atoms with E-state index in [0.717, 1.165) is 0 Å². The lowest BCUT2D eigenvalue weighted by molar-refractivity contribution is -0.385. The molecule has 1 aliphatic heterocycles. The van der Waals surface area contributed by atoms with Gasteiger partial charge in [0.05, 0.1) is 23.7 Å². The monoisotopic (exact) mass is 295 g/mol. The number of nitrogens with two attached hydrogens (primary N) is 1. The summed E-state index contributed by atoms with van der Waals surface area (Å²) in [5, 5.41) is 22.5. The van der Waals surface area contributed by atoms with Crippen molar-refractivity contribution in [2.24, 2.45) is 10.9 Å². The Morgan fingerprint density at radius 3 is 2.95 bits per heavy atom. The van der Waals surface area contributed by atoms with Gasteiger partial charge in [0.1, 0.15) is 5.82 Å². The zero-order chi connectivity index (χ0) is 15.6. The van der Waals surface area contributed by atoms with Crippen molar-refractivity contribution in [2.75, 3.05) is 18.1 Å². The van der Waals surface area contributed by atoms with Gasteiger partial charge in [-0.3, -0.25) is 10.1 Å². The molecule has 2 heterocycles. The molecule has 114 valence electrons. The second kappa shape index (κ2) is 5.92. The van der Waals surface area contributed by atoms with Crippen LogP contribution in [0.5, 0.6) is 0 Å². The Labute approximate surface area is 121 Å². The van der Waals surface area contributed by atoms with Gasteiger partial charge in [-0.1, -0.05) is 5.16 Å². The lowest BCUT2D eigenvalue weighted by atomic mass is 10.2. The molecule has 1 saturated heterocycles. The minimum Gasteiger partial charge on any atom is -0.409 e. The third-order valence-electron chi connectivity index (χ3n) is 3.31. The Bertz CT molecular complexity index is 577. The zero-order valence-electron chi connectivity index (χ0n) is 11.8. The smallest absolute Gasteiger partial charge is 0.298 e. The Kier molecular flexibility index (Phi) is 4.22. The highest BCUT2D eigenvalue weighted by Crippen LogP contribution is 2.24. The fraction of sp³-hybridized carbons (Fsp3) is 0.500. The Hall–Kier alpha value is -2.42. The number of oxime groups is 1. The van der Waals surface area contributed by atoms with Crippen molar-refractivity contribution in [2.45, 2.75) is 26.0 Å². The molecule has 2 atom stereocenters. The first-order chi connectivity index (χ1) is 9.93. The van der Waals surface area contributed by atoms with E-state index in [1.165, 1.54) is 6.07 Å². The molecule has 9 heteroatoms. The van der Waals surface area contributed by atoms with E-state index >= 15 is 0 Å². The molecular formula is C12H17N5O4. The van der Waals surface area contributed by atoms with Gasteiger partial charge in [0.2, 0.25) is 0 Å². The van der Waals surface area contributed by atoms with Crippen LogP contribution < -0.4 is 10.6 Å². The van der Waals surface area contributed by atoms with Crippen LogP contribution in [-0.4, -0.2) is 46.2 Å². The van der Waals surface area contributed by atoms with E-state index in [2.05, 4.69) is 10.1 Å². The van der Waals surface area contributed by atoms with Gasteiger partial charge in [0.15, 0.2) is 11.5 Å². The van der Waals surface area contributed by atoms with Crippen LogP contribution in [-0.2, 0) is 4.74 Å². The third-order valence-corrected chi connectivity index (χ3v) is 3.31. The van der Waals surface area contributed by atoms with Gasteiger partial charge in [-0.25, -0.2) is 4.98 Å². The zero-order valence-corrected chi connectivity index (χ0v) is 11.8. The molecular weight excluding hydrogens is 278 g/mol. The van der Waals surface area contributed by atoms with Crippen LogP contribution in [0.1, 0.15) is 19.5 Å². The molecule has 0 saturated carbocycles. The molecule has 1 aromatic rings. The van der Waals surface area contributed by atoms with E-state index in [0.29, 0.717) is 19.0 Å². The van der Waals surface area contributed by atoms with Gasteiger partial charge in [0.25, 0.3) is 5.69 Å². The van der Waals surface area contributed by atoms with Gasteiger partial charge in [-0.05, 0) is 19.9 Å². The van der Waals surface area contributed by atoms with Crippen LogP contribution in [0.3, 0.4) is 0 Å². The highest BCUT2D eigenvalue weighted by molar-refractivity contribution is 5.99. The Balaban J connectivity index is 2.44. The van der Waals surface area contributed by atoms with E-state index < -0.39 is 10.8 Å². The van der Waals surface area contributed by atoms with Crippen molar-refractivity contribution in [3.05, 3.63) is 27.9 Å². The highest BCUT2D eigenvalue weighted by atomic mass is 16.6. The van der Waals surface area contributed by atoms with Gasteiger partial charge < -0.3 is 20.6 Å². The van der Waals surface area contributed by atoms with Crippen molar-refractivity contribution in [1.82, 2.24) is 4.98 Å². The predicted molar refractivity (Wildman–Crippen MR) is 75.6 cm³/mol. The maximum absolute atomic E-state index is 11.0. The number of hydrogen-bond acceptors (Lipinski definition) is 7. The number of aromatic nitrogens is 1. The van der Waals surface area contributed by atoms with Gasteiger partial charge in [-0.2, -0.15) is 0 Å². The summed E-state index contributed by atoms with van der Waals surface area (Å²) in [5.74, 6) is 0.141. The van der Waals surface area contributed by atoms with Crippen LogP contribution in [0, 0.1) is 10.1 Å². The molecule has 0 radical (unpaired) electrons. The molecule has 2 rings (SSSR count). The number of anilines is 1. The van der Waals surface area contributed by atoms with Crippen LogP contribution >= 0.6 is 0 Å². The quantitative estimate of drug-likeness (QED) is 0.276. The third kappa shape index (κ3) is 3.02. The summed E-state index contributed by atoms with van der Waals surface area (Å²) in [5.41, 5.74) is 5.03. The van der Waals surface area contributed by atoms with E-state index in [1.807, 2.05) is 18.7 Å². The SMILES string of the molecule is CC1CN(c2ccc([N+](=O)[O-])c(/C(N)=N/O)n2)C(C)CO1. The number of nitro groups is 1. The molecule has 21 heavy (non-hydrogen) atoms. The van der Waals surface area contributed by atoms with E-state index in [4.69, 9.17) is 15.7 Å². The first-order valence-electron chi connectivity index (χ1n) is 6.45. The van der Waals surface area contributed by atoms with Crippen LogP contribution in [0.25, 0.3) is 0 Å². The van der Waals surface area contributed by atoms with E-state index in [9.17, 15) is 10.1 Å². The average molecular weight is 295 g/mol. The van der Waals surface area contributed by atoms with Gasteiger partial charge in [0, 0.05) is 12.6 Å². The highest BCUT2D eigenvalue weighted by Gasteiger charge is 2.27. The molecule has 2 unspecified atom stereocenters. The lowest BCUT2D eigenvalue weighted by Gasteiger charge is -2.37. The van der Waals surface area contributed by atoms with Crippen LogP contribution in [0.15, 0.2) is 17.3 Å². The molecule has 3 N–H and O–H groups in total. The van der Waals surface area contributed by atoms with Crippen molar-refractivity contribution in [1.29, 1.82) is 0 Å². The minimum absolute atomic E-state index is 0.0329. The van der Waals surface area contributed by atoms with Crippen LogP contribution in [0.2, 0.25) is 0 Å². The number of ether oxygens (including phenoxy) is 1. The number of morpholine rings is 1. The number of nitrogens with zero attached hydrogens (tertiary/aromatic N) is 4. The summed E-state index contributed by atoms with van der Waals surface area (Å²) >= 11 is 0. The fourth-order valence-corrected chi connectivity index (χ4v) is 2.21. The molecule has 0 aromatic carbocycles. The number of pyridine rings is 1. The number of rotatable bonds is 3. The predicted octanol–water partition coefficient (Wildman–Crippen LogP) is 0.698. The van der Waals surface area contributed by atoms with Gasteiger partial charge in [-0.15, -0.1) is 0 Å². The van der Waals surface area contributed by atoms with Crippen molar-refractivity contribution in [3.63, 3.8) is 0 Å². The summed E-state index contributed by atoms with van der Waals surface area (Å²) in [7, 11) is 0. The maximum atomic E-state index is 11.0. The van der Waals surface area contributed by atoms with Crippen LogP contribution in [0.4, 0.5) is 11.5 Å². The molecule has 1 fully saturated rings. The number of hydrogen-bond donors (Lipinski definition) is 2. The second-order valence-electron chi connectivity index (χ2n) is 4.92. The molecule has 1 aromatic heterocycles. The normalized spacial score (nSPS) is 23.1. The summed E-state index contributed by atoms with van der Waals surface area (Å²) in [6, 6.07) is 2.94. The van der Waals surface area contributed by atoms with Crippen molar-refractivity contribution >= 4 is 17.3 Å². The van der Waals surface area contributed by atoms with Gasteiger partial charge >= 0.3 is 0 Å². The standard InChI is InChI=1S/C12H17N5O4/c1-7-6-21-8(2)5-16(7)10-4-3-9(17(19)20)11(14-10)12(13)15-18/h3-4,7-8,18H,5-6H2,1-2H3,(H2,13,15). The summed E-state index contributed by atoms with van der Waals surface area (Å²) in [4.78, 5) is 16.5. The fourth-order valence-electron chi connectivity index (χ4n) is 2.21. The summed E-state index contributed by atoms with van der Waals surface area (Å²) in [6.07, 6.45) is 0.0329. The molecule has 0 bridgehead atoms.